The number of aliphatic hydroxyl groups is 1. The van der Waals surface area contributed by atoms with Crippen molar-refractivity contribution in [2.24, 2.45) is 0 Å². The van der Waals surface area contributed by atoms with Crippen LogP contribution in [0.15, 0.2) is 25.0 Å². The second-order valence-electron chi connectivity index (χ2n) is 2.35. The second kappa shape index (κ2) is 3.42. The molecule has 2 nitrogen and oxygen atoms in total. The normalized spacial score (nSPS) is 27.1. The average molecular weight is 140 g/mol. The lowest BCUT2D eigenvalue weighted by Gasteiger charge is -2.21. The lowest BCUT2D eigenvalue weighted by Crippen LogP contribution is -2.26. The lowest BCUT2D eigenvalue weighted by molar-refractivity contribution is 0.0240. The molecule has 0 bridgehead atoms. The molecule has 1 heterocycles. The second-order valence-corrected chi connectivity index (χ2v) is 2.35. The molecule has 1 aliphatic heterocycles. The Labute approximate surface area is 60.8 Å². The fourth-order valence-electron chi connectivity index (χ4n) is 0.956. The molecule has 0 aromatic heterocycles. The van der Waals surface area contributed by atoms with Crippen LogP contribution >= 0.6 is 0 Å². The van der Waals surface area contributed by atoms with Gasteiger partial charge in [-0.25, -0.2) is 0 Å². The summed E-state index contributed by atoms with van der Waals surface area (Å²) in [7, 11) is 0. The molecule has 0 spiro atoms. The number of hydrogen-bond donors (Lipinski definition) is 1. The van der Waals surface area contributed by atoms with Gasteiger partial charge >= 0.3 is 0 Å². The molecular weight excluding hydrogens is 128 g/mol. The van der Waals surface area contributed by atoms with Crippen LogP contribution in [0, 0.1) is 0 Å². The van der Waals surface area contributed by atoms with Gasteiger partial charge in [-0.1, -0.05) is 6.08 Å². The summed E-state index contributed by atoms with van der Waals surface area (Å²) < 4.78 is 5.13. The average Bonchev–Trinajstić information content (AvgIpc) is 2.05. The van der Waals surface area contributed by atoms with Gasteiger partial charge < -0.3 is 9.84 Å². The number of allylic oxidation sites excluding steroid dienone is 1. The van der Waals surface area contributed by atoms with Crippen molar-refractivity contribution in [3.8, 4) is 0 Å². The van der Waals surface area contributed by atoms with Crippen molar-refractivity contribution in [1.82, 2.24) is 0 Å². The zero-order chi connectivity index (χ0) is 7.40. The lowest BCUT2D eigenvalue weighted by atomic mass is 10.1. The van der Waals surface area contributed by atoms with Crippen molar-refractivity contribution in [2.75, 3.05) is 0 Å². The molecule has 0 amide bonds. The largest absolute Gasteiger partial charge is 0.495 e. The summed E-state index contributed by atoms with van der Waals surface area (Å²) in [4.78, 5) is 0. The van der Waals surface area contributed by atoms with Gasteiger partial charge in [-0.05, 0) is 18.9 Å². The van der Waals surface area contributed by atoms with Gasteiger partial charge in [0.15, 0.2) is 0 Å². The van der Waals surface area contributed by atoms with Gasteiger partial charge in [0.25, 0.3) is 0 Å². The van der Waals surface area contributed by atoms with Gasteiger partial charge in [-0.15, -0.1) is 6.58 Å². The minimum Gasteiger partial charge on any atom is -0.495 e. The van der Waals surface area contributed by atoms with Crippen molar-refractivity contribution >= 4 is 0 Å². The summed E-state index contributed by atoms with van der Waals surface area (Å²) >= 11 is 0. The molecule has 1 rings (SSSR count). The Hall–Kier alpha value is -0.760. The van der Waals surface area contributed by atoms with E-state index in [0.717, 1.165) is 12.8 Å². The molecule has 2 heteroatoms. The first kappa shape index (κ1) is 7.35. The maximum atomic E-state index is 9.21. The van der Waals surface area contributed by atoms with E-state index in [9.17, 15) is 5.11 Å². The standard InChI is InChI=1S/C8H12O2/c1-2-7(9)8-5-3-4-6-10-8/h2,4,6-9H,1,3,5H2. The first-order chi connectivity index (χ1) is 4.84. The molecule has 1 N–H and O–H groups in total. The van der Waals surface area contributed by atoms with Gasteiger partial charge in [-0.3, -0.25) is 0 Å². The van der Waals surface area contributed by atoms with Crippen LogP contribution in [0.2, 0.25) is 0 Å². The predicted octanol–water partition coefficient (Wildman–Crippen LogP) is 1.23. The summed E-state index contributed by atoms with van der Waals surface area (Å²) in [6.07, 6.45) is 6.35. The smallest absolute Gasteiger partial charge is 0.127 e. The van der Waals surface area contributed by atoms with E-state index in [1.165, 1.54) is 6.08 Å². The first-order valence-electron chi connectivity index (χ1n) is 3.45. The van der Waals surface area contributed by atoms with Gasteiger partial charge in [0, 0.05) is 0 Å². The fourth-order valence-corrected chi connectivity index (χ4v) is 0.956. The Bertz CT molecular complexity index is 140. The van der Waals surface area contributed by atoms with Crippen molar-refractivity contribution in [2.45, 2.75) is 25.0 Å². The van der Waals surface area contributed by atoms with E-state index >= 15 is 0 Å². The first-order valence-corrected chi connectivity index (χ1v) is 3.45. The Balaban J connectivity index is 2.40. The minimum atomic E-state index is -0.523. The molecule has 0 aromatic carbocycles. The molecule has 56 valence electrons. The van der Waals surface area contributed by atoms with Crippen LogP contribution in [-0.2, 0) is 4.74 Å². The zero-order valence-corrected chi connectivity index (χ0v) is 5.86. The van der Waals surface area contributed by atoms with Crippen molar-refractivity contribution < 1.29 is 9.84 Å². The highest BCUT2D eigenvalue weighted by molar-refractivity contribution is 4.91. The summed E-state index contributed by atoms with van der Waals surface area (Å²) in [5.74, 6) is 0. The van der Waals surface area contributed by atoms with Crippen LogP contribution in [0.1, 0.15) is 12.8 Å². The van der Waals surface area contributed by atoms with Crippen molar-refractivity contribution in [1.29, 1.82) is 0 Å². The minimum absolute atomic E-state index is 0.0810. The molecule has 0 aromatic rings. The molecule has 1 aliphatic rings. The van der Waals surface area contributed by atoms with E-state index < -0.39 is 6.10 Å². The fraction of sp³-hybridized carbons (Fsp3) is 0.500. The van der Waals surface area contributed by atoms with E-state index in [2.05, 4.69) is 6.58 Å². The molecule has 2 unspecified atom stereocenters. The summed E-state index contributed by atoms with van der Waals surface area (Å²) in [5, 5.41) is 9.21. The SMILES string of the molecule is C=CC(O)C1CCC=CO1. The van der Waals surface area contributed by atoms with E-state index in [1.54, 1.807) is 6.26 Å². The third-order valence-electron chi connectivity index (χ3n) is 1.59. The number of aliphatic hydroxyl groups excluding tert-OH is 1. The van der Waals surface area contributed by atoms with Crippen molar-refractivity contribution in [3.63, 3.8) is 0 Å². The Kier molecular flexibility index (Phi) is 2.51. The van der Waals surface area contributed by atoms with Crippen LogP contribution in [0.4, 0.5) is 0 Å². The Morgan fingerprint density at radius 3 is 3.10 bits per heavy atom. The highest BCUT2D eigenvalue weighted by Gasteiger charge is 2.17. The van der Waals surface area contributed by atoms with Crippen LogP contribution in [0.3, 0.4) is 0 Å². The topological polar surface area (TPSA) is 29.5 Å². The molecule has 0 saturated heterocycles. The number of hydrogen-bond acceptors (Lipinski definition) is 2. The van der Waals surface area contributed by atoms with Crippen LogP contribution in [-0.4, -0.2) is 17.3 Å². The van der Waals surface area contributed by atoms with Crippen LogP contribution in [0.25, 0.3) is 0 Å². The van der Waals surface area contributed by atoms with Gasteiger partial charge in [0.2, 0.25) is 0 Å². The van der Waals surface area contributed by atoms with E-state index in [1.807, 2.05) is 6.08 Å². The van der Waals surface area contributed by atoms with Gasteiger partial charge in [0.1, 0.15) is 12.2 Å². The summed E-state index contributed by atoms with van der Waals surface area (Å²) in [6.45, 7) is 3.48. The zero-order valence-electron chi connectivity index (χ0n) is 5.86. The van der Waals surface area contributed by atoms with E-state index in [4.69, 9.17) is 4.74 Å². The Morgan fingerprint density at radius 2 is 2.60 bits per heavy atom. The maximum Gasteiger partial charge on any atom is 0.127 e. The Morgan fingerprint density at radius 1 is 1.80 bits per heavy atom. The summed E-state index contributed by atoms with van der Waals surface area (Å²) in [5.41, 5.74) is 0. The van der Waals surface area contributed by atoms with Crippen molar-refractivity contribution in [3.05, 3.63) is 25.0 Å². The quantitative estimate of drug-likeness (QED) is 0.584. The molecule has 10 heavy (non-hydrogen) atoms. The van der Waals surface area contributed by atoms with Gasteiger partial charge in [-0.2, -0.15) is 0 Å². The maximum absolute atomic E-state index is 9.21. The molecule has 0 fully saturated rings. The third-order valence-corrected chi connectivity index (χ3v) is 1.59. The predicted molar refractivity (Wildman–Crippen MR) is 39.5 cm³/mol. The highest BCUT2D eigenvalue weighted by Crippen LogP contribution is 2.13. The summed E-state index contributed by atoms with van der Waals surface area (Å²) in [6, 6.07) is 0. The highest BCUT2D eigenvalue weighted by atomic mass is 16.5. The van der Waals surface area contributed by atoms with Gasteiger partial charge in [0.05, 0.1) is 6.26 Å². The molecule has 0 saturated carbocycles. The van der Waals surface area contributed by atoms with E-state index in [-0.39, 0.29) is 6.10 Å². The molecule has 0 radical (unpaired) electrons. The molecule has 0 aliphatic carbocycles. The monoisotopic (exact) mass is 140 g/mol. The molecule has 2 atom stereocenters. The molecular formula is C8H12O2. The van der Waals surface area contributed by atoms with Crippen LogP contribution in [0.5, 0.6) is 0 Å². The van der Waals surface area contributed by atoms with Crippen LogP contribution < -0.4 is 0 Å². The third kappa shape index (κ3) is 1.61. The number of ether oxygens (including phenoxy) is 1. The number of rotatable bonds is 2. The van der Waals surface area contributed by atoms with E-state index in [0.29, 0.717) is 0 Å².